The van der Waals surface area contributed by atoms with Crippen LogP contribution in [-0.4, -0.2) is 25.5 Å². The third kappa shape index (κ3) is 3.87. The number of methoxy groups -OCH3 is 1. The lowest BCUT2D eigenvalue weighted by atomic mass is 10.1. The maximum absolute atomic E-state index is 12.5. The quantitative estimate of drug-likeness (QED) is 0.854. The van der Waals surface area contributed by atoms with E-state index in [1.807, 2.05) is 30.3 Å². The van der Waals surface area contributed by atoms with E-state index in [4.69, 9.17) is 4.74 Å². The van der Waals surface area contributed by atoms with Gasteiger partial charge in [-0.05, 0) is 42.7 Å². The Labute approximate surface area is 154 Å². The monoisotopic (exact) mass is 352 g/mol. The van der Waals surface area contributed by atoms with Crippen LogP contribution in [0.15, 0.2) is 42.5 Å². The minimum Gasteiger partial charge on any atom is -0.494 e. The van der Waals surface area contributed by atoms with Crippen molar-refractivity contribution < 1.29 is 14.3 Å². The average Bonchev–Trinajstić information content (AvgIpc) is 3.08. The molecule has 3 rings (SSSR count). The Hall–Kier alpha value is -2.82. The molecular weight excluding hydrogens is 328 g/mol. The van der Waals surface area contributed by atoms with Crippen LogP contribution in [0.3, 0.4) is 0 Å². The highest BCUT2D eigenvalue weighted by Crippen LogP contribution is 2.33. The normalized spacial score (nSPS) is 13.8. The molecule has 0 aliphatic carbocycles. The lowest BCUT2D eigenvalue weighted by Gasteiger charge is -2.19. The Morgan fingerprint density at radius 3 is 2.58 bits per heavy atom. The Bertz CT molecular complexity index is 799. The molecule has 0 saturated carbocycles. The molecule has 5 nitrogen and oxygen atoms in total. The van der Waals surface area contributed by atoms with Gasteiger partial charge in [0, 0.05) is 30.3 Å². The number of nitrogens with zero attached hydrogens (tertiary/aromatic N) is 1. The van der Waals surface area contributed by atoms with E-state index in [2.05, 4.69) is 12.2 Å². The number of aryl methyl sites for hydroxylation is 1. The van der Waals surface area contributed by atoms with Crippen molar-refractivity contribution >= 4 is 23.2 Å². The van der Waals surface area contributed by atoms with Gasteiger partial charge in [0.2, 0.25) is 5.91 Å². The molecule has 1 fully saturated rings. The molecular formula is C21H24N2O3. The summed E-state index contributed by atoms with van der Waals surface area (Å²) in [6.07, 6.45) is 3.51. The summed E-state index contributed by atoms with van der Waals surface area (Å²) < 4.78 is 5.43. The summed E-state index contributed by atoms with van der Waals surface area (Å²) in [4.78, 5) is 26.2. The summed E-state index contributed by atoms with van der Waals surface area (Å²) in [5.41, 5.74) is 3.23. The predicted octanol–water partition coefficient (Wildman–Crippen LogP) is 4.03. The van der Waals surface area contributed by atoms with Crippen LogP contribution in [0.1, 0.15) is 42.1 Å². The largest absolute Gasteiger partial charge is 0.494 e. The standard InChI is InChI=1S/C21H24N2O3/c1-3-5-15-7-9-16(10-8-15)21(25)22-17-11-12-18(19(14-17)26-2)23-13-4-6-20(23)24/h7-12,14H,3-6,13H2,1-2H3,(H,22,25). The molecule has 0 bridgehead atoms. The number of rotatable bonds is 6. The third-order valence-corrected chi connectivity index (χ3v) is 4.56. The third-order valence-electron chi connectivity index (χ3n) is 4.56. The molecule has 1 aliphatic rings. The van der Waals surface area contributed by atoms with Gasteiger partial charge in [-0.1, -0.05) is 25.5 Å². The molecule has 1 aliphatic heterocycles. The van der Waals surface area contributed by atoms with Crippen LogP contribution >= 0.6 is 0 Å². The maximum Gasteiger partial charge on any atom is 0.255 e. The number of ether oxygens (including phenoxy) is 1. The maximum atomic E-state index is 12.5. The zero-order valence-electron chi connectivity index (χ0n) is 15.2. The van der Waals surface area contributed by atoms with Crippen LogP contribution in [0.4, 0.5) is 11.4 Å². The van der Waals surface area contributed by atoms with E-state index in [0.717, 1.165) is 24.9 Å². The van der Waals surface area contributed by atoms with Crippen LogP contribution in [0.25, 0.3) is 0 Å². The SMILES string of the molecule is CCCc1ccc(C(=O)Nc2ccc(N3CCCC3=O)c(OC)c2)cc1. The Morgan fingerprint density at radius 2 is 1.96 bits per heavy atom. The fourth-order valence-corrected chi connectivity index (χ4v) is 3.20. The van der Waals surface area contributed by atoms with Crippen LogP contribution in [0, 0.1) is 0 Å². The summed E-state index contributed by atoms with van der Waals surface area (Å²) in [6.45, 7) is 2.83. The molecule has 0 spiro atoms. The second kappa shape index (κ2) is 8.04. The van der Waals surface area contributed by atoms with Gasteiger partial charge in [-0.25, -0.2) is 0 Å². The lowest BCUT2D eigenvalue weighted by molar-refractivity contribution is -0.117. The topological polar surface area (TPSA) is 58.6 Å². The van der Waals surface area contributed by atoms with Crippen molar-refractivity contribution in [2.24, 2.45) is 0 Å². The van der Waals surface area contributed by atoms with Gasteiger partial charge < -0.3 is 15.0 Å². The number of benzene rings is 2. The van der Waals surface area contributed by atoms with Crippen LogP contribution in [0.5, 0.6) is 5.75 Å². The van der Waals surface area contributed by atoms with E-state index < -0.39 is 0 Å². The van der Waals surface area contributed by atoms with Gasteiger partial charge in [-0.2, -0.15) is 0 Å². The molecule has 136 valence electrons. The number of carbonyl (C=O) groups is 2. The summed E-state index contributed by atoms with van der Waals surface area (Å²) in [5.74, 6) is 0.517. The fraction of sp³-hybridized carbons (Fsp3) is 0.333. The number of amides is 2. The van der Waals surface area contributed by atoms with E-state index >= 15 is 0 Å². The fourth-order valence-electron chi connectivity index (χ4n) is 3.20. The van der Waals surface area contributed by atoms with Gasteiger partial charge in [0.1, 0.15) is 5.75 Å². The first-order valence-corrected chi connectivity index (χ1v) is 9.01. The van der Waals surface area contributed by atoms with Gasteiger partial charge in [-0.15, -0.1) is 0 Å². The highest BCUT2D eigenvalue weighted by molar-refractivity contribution is 6.05. The van der Waals surface area contributed by atoms with Crippen molar-refractivity contribution in [3.8, 4) is 5.75 Å². The minimum absolute atomic E-state index is 0.104. The molecule has 1 N–H and O–H groups in total. The molecule has 2 aromatic rings. The van der Waals surface area contributed by atoms with Crippen LogP contribution < -0.4 is 15.0 Å². The first kappa shape index (κ1) is 18.0. The van der Waals surface area contributed by atoms with Crippen LogP contribution in [0.2, 0.25) is 0 Å². The van der Waals surface area contributed by atoms with Gasteiger partial charge >= 0.3 is 0 Å². The highest BCUT2D eigenvalue weighted by atomic mass is 16.5. The molecule has 0 unspecified atom stereocenters. The van der Waals surface area contributed by atoms with E-state index in [1.54, 1.807) is 24.1 Å². The van der Waals surface area contributed by atoms with Gasteiger partial charge in [-0.3, -0.25) is 9.59 Å². The number of hydrogen-bond acceptors (Lipinski definition) is 3. The molecule has 2 aromatic carbocycles. The van der Waals surface area contributed by atoms with Gasteiger partial charge in [0.15, 0.2) is 0 Å². The summed E-state index contributed by atoms with van der Waals surface area (Å²) in [7, 11) is 1.57. The first-order chi connectivity index (χ1) is 12.6. The summed E-state index contributed by atoms with van der Waals surface area (Å²) >= 11 is 0. The molecule has 1 heterocycles. The number of anilines is 2. The first-order valence-electron chi connectivity index (χ1n) is 9.01. The van der Waals surface area contributed by atoms with E-state index in [1.165, 1.54) is 5.56 Å². The van der Waals surface area contributed by atoms with E-state index in [-0.39, 0.29) is 11.8 Å². The average molecular weight is 352 g/mol. The van der Waals surface area contributed by atoms with Crippen molar-refractivity contribution in [2.45, 2.75) is 32.6 Å². The molecule has 0 radical (unpaired) electrons. The van der Waals surface area contributed by atoms with Crippen molar-refractivity contribution in [1.82, 2.24) is 0 Å². The molecule has 2 amide bonds. The highest BCUT2D eigenvalue weighted by Gasteiger charge is 2.24. The molecule has 26 heavy (non-hydrogen) atoms. The van der Waals surface area contributed by atoms with Gasteiger partial charge in [0.05, 0.1) is 12.8 Å². The van der Waals surface area contributed by atoms with Crippen molar-refractivity contribution in [2.75, 3.05) is 23.9 Å². The van der Waals surface area contributed by atoms with Crippen molar-refractivity contribution in [3.05, 3.63) is 53.6 Å². The Balaban J connectivity index is 1.75. The Kier molecular flexibility index (Phi) is 5.56. The lowest BCUT2D eigenvalue weighted by Crippen LogP contribution is -2.24. The van der Waals surface area contributed by atoms with Crippen molar-refractivity contribution in [1.29, 1.82) is 0 Å². The van der Waals surface area contributed by atoms with Crippen molar-refractivity contribution in [3.63, 3.8) is 0 Å². The second-order valence-corrected chi connectivity index (χ2v) is 6.44. The van der Waals surface area contributed by atoms with E-state index in [0.29, 0.717) is 30.0 Å². The number of nitrogens with one attached hydrogen (secondary N) is 1. The van der Waals surface area contributed by atoms with Crippen LogP contribution in [-0.2, 0) is 11.2 Å². The zero-order valence-corrected chi connectivity index (χ0v) is 15.2. The summed E-state index contributed by atoms with van der Waals surface area (Å²) in [6, 6.07) is 13.0. The Morgan fingerprint density at radius 1 is 1.19 bits per heavy atom. The molecule has 1 saturated heterocycles. The second-order valence-electron chi connectivity index (χ2n) is 6.44. The zero-order chi connectivity index (χ0) is 18.5. The van der Waals surface area contributed by atoms with Gasteiger partial charge in [0.25, 0.3) is 5.91 Å². The smallest absolute Gasteiger partial charge is 0.255 e. The molecule has 0 aromatic heterocycles. The predicted molar refractivity (Wildman–Crippen MR) is 103 cm³/mol. The summed E-state index contributed by atoms with van der Waals surface area (Å²) in [5, 5.41) is 2.89. The molecule has 5 heteroatoms. The van der Waals surface area contributed by atoms with E-state index in [9.17, 15) is 9.59 Å². The minimum atomic E-state index is -0.167. The number of hydrogen-bond donors (Lipinski definition) is 1. The number of carbonyl (C=O) groups excluding carboxylic acids is 2. The molecule has 0 atom stereocenters.